The first-order valence-corrected chi connectivity index (χ1v) is 12.7. The molecule has 162 valence electrons. The number of sulfonamides is 1. The molecule has 0 aliphatic carbocycles. The van der Waals surface area contributed by atoms with Gasteiger partial charge in [0, 0.05) is 35.9 Å². The third-order valence-corrected chi connectivity index (χ3v) is 8.14. The van der Waals surface area contributed by atoms with Crippen molar-refractivity contribution in [3.05, 3.63) is 65.7 Å². The van der Waals surface area contributed by atoms with Gasteiger partial charge in [0.05, 0.1) is 18.1 Å². The fraction of sp³-hybridized carbons (Fsp3) is 0.250. The third-order valence-electron chi connectivity index (χ3n) is 4.56. The van der Waals surface area contributed by atoms with Gasteiger partial charge in [-0.25, -0.2) is 8.42 Å². The number of nitrogens with zero attached hydrogens (tertiary/aromatic N) is 3. The van der Waals surface area contributed by atoms with Crippen LogP contribution in [0.3, 0.4) is 0 Å². The zero-order valence-corrected chi connectivity index (χ0v) is 18.9. The highest BCUT2D eigenvalue weighted by Crippen LogP contribution is 2.24. The summed E-state index contributed by atoms with van der Waals surface area (Å²) in [5, 5.41) is 3.70. The molecule has 11 heteroatoms. The van der Waals surface area contributed by atoms with E-state index >= 15 is 0 Å². The number of anilines is 1. The van der Waals surface area contributed by atoms with E-state index in [2.05, 4.69) is 14.7 Å². The van der Waals surface area contributed by atoms with E-state index in [1.54, 1.807) is 0 Å². The smallest absolute Gasteiger partial charge is 0.257 e. The summed E-state index contributed by atoms with van der Waals surface area (Å²) >= 11 is 2.60. The van der Waals surface area contributed by atoms with Crippen molar-refractivity contribution in [2.45, 2.75) is 15.8 Å². The standard InChI is InChI=1S/C20H20N4O4S3/c25-18(21-19-22-20(23-30-19)29-14-15-4-2-1-3-5-15)16-6-8-17(9-7-16)31(26,27)24-10-12-28-13-11-24/h1-9H,10-14H2,(H,21,22,23,25). The number of carbonyl (C=O) groups excluding carboxylic acids is 1. The van der Waals surface area contributed by atoms with E-state index in [0.29, 0.717) is 42.2 Å². The molecule has 0 atom stereocenters. The predicted octanol–water partition coefficient (Wildman–Crippen LogP) is 3.10. The topological polar surface area (TPSA) is 101 Å². The second kappa shape index (κ2) is 9.88. The van der Waals surface area contributed by atoms with Gasteiger partial charge in [0.25, 0.3) is 5.91 Å². The van der Waals surface area contributed by atoms with Crippen molar-refractivity contribution in [3.63, 3.8) is 0 Å². The minimum Gasteiger partial charge on any atom is -0.379 e. The SMILES string of the molecule is O=C(Nc1nc(SCc2ccccc2)ns1)c1ccc(S(=O)(=O)N2CCOCC2)cc1. The second-order valence-corrected chi connectivity index (χ2v) is 10.3. The van der Waals surface area contributed by atoms with E-state index in [0.717, 1.165) is 17.3 Å². The molecule has 2 heterocycles. The Morgan fingerprint density at radius 1 is 1.10 bits per heavy atom. The Morgan fingerprint density at radius 3 is 2.52 bits per heavy atom. The average Bonchev–Trinajstić information content (AvgIpc) is 3.26. The molecule has 0 bridgehead atoms. The molecule has 0 saturated carbocycles. The van der Waals surface area contributed by atoms with Crippen LogP contribution in [0.25, 0.3) is 0 Å². The number of ether oxygens (including phenoxy) is 1. The average molecular weight is 477 g/mol. The van der Waals surface area contributed by atoms with Crippen LogP contribution in [0.15, 0.2) is 64.6 Å². The van der Waals surface area contributed by atoms with E-state index in [4.69, 9.17) is 4.74 Å². The lowest BCUT2D eigenvalue weighted by Gasteiger charge is -2.26. The number of amides is 1. The number of carbonyl (C=O) groups is 1. The van der Waals surface area contributed by atoms with Crippen molar-refractivity contribution in [1.82, 2.24) is 13.7 Å². The van der Waals surface area contributed by atoms with Gasteiger partial charge in [0.2, 0.25) is 20.3 Å². The number of hydrogen-bond donors (Lipinski definition) is 1. The maximum absolute atomic E-state index is 12.7. The number of nitrogens with one attached hydrogen (secondary N) is 1. The fourth-order valence-corrected chi connectivity index (χ4v) is 5.83. The predicted molar refractivity (Wildman–Crippen MR) is 120 cm³/mol. The van der Waals surface area contributed by atoms with Crippen LogP contribution >= 0.6 is 23.3 Å². The Labute approximate surface area is 188 Å². The third kappa shape index (κ3) is 5.49. The lowest BCUT2D eigenvalue weighted by Crippen LogP contribution is -2.40. The van der Waals surface area contributed by atoms with Crippen LogP contribution in [0.2, 0.25) is 0 Å². The van der Waals surface area contributed by atoms with E-state index in [9.17, 15) is 13.2 Å². The molecule has 0 radical (unpaired) electrons. The quantitative estimate of drug-likeness (QED) is 0.523. The van der Waals surface area contributed by atoms with Crippen molar-refractivity contribution < 1.29 is 17.9 Å². The Balaban J connectivity index is 1.36. The summed E-state index contributed by atoms with van der Waals surface area (Å²) in [6.07, 6.45) is 0. The molecule has 1 N–H and O–H groups in total. The summed E-state index contributed by atoms with van der Waals surface area (Å²) in [6, 6.07) is 15.9. The molecule has 4 rings (SSSR count). The molecule has 1 saturated heterocycles. The van der Waals surface area contributed by atoms with Crippen molar-refractivity contribution in [2.75, 3.05) is 31.6 Å². The highest BCUT2D eigenvalue weighted by atomic mass is 32.2. The molecule has 1 amide bonds. The summed E-state index contributed by atoms with van der Waals surface area (Å²) in [6.45, 7) is 1.42. The van der Waals surface area contributed by atoms with Gasteiger partial charge < -0.3 is 4.74 Å². The first-order chi connectivity index (χ1) is 15.0. The van der Waals surface area contributed by atoms with Crippen molar-refractivity contribution in [1.29, 1.82) is 0 Å². The minimum absolute atomic E-state index is 0.154. The molecule has 1 aliphatic rings. The van der Waals surface area contributed by atoms with Crippen molar-refractivity contribution in [2.24, 2.45) is 0 Å². The first-order valence-electron chi connectivity index (χ1n) is 9.52. The van der Waals surface area contributed by atoms with E-state index < -0.39 is 10.0 Å². The molecule has 1 aliphatic heterocycles. The zero-order valence-electron chi connectivity index (χ0n) is 16.4. The van der Waals surface area contributed by atoms with E-state index in [1.807, 2.05) is 30.3 Å². The second-order valence-electron chi connectivity index (χ2n) is 6.65. The number of benzene rings is 2. The lowest BCUT2D eigenvalue weighted by molar-refractivity contribution is 0.0730. The van der Waals surface area contributed by atoms with Crippen LogP contribution in [0.1, 0.15) is 15.9 Å². The summed E-state index contributed by atoms with van der Waals surface area (Å²) in [7, 11) is -3.59. The summed E-state index contributed by atoms with van der Waals surface area (Å²) < 4.78 is 36.2. The minimum atomic E-state index is -3.59. The maximum Gasteiger partial charge on any atom is 0.257 e. The Kier molecular flexibility index (Phi) is 6.98. The molecule has 31 heavy (non-hydrogen) atoms. The number of rotatable bonds is 7. The van der Waals surface area contributed by atoms with Crippen molar-refractivity contribution in [3.8, 4) is 0 Å². The van der Waals surface area contributed by atoms with Gasteiger partial charge in [-0.1, -0.05) is 42.1 Å². The Hall–Kier alpha value is -2.31. The van der Waals surface area contributed by atoms with Crippen LogP contribution < -0.4 is 5.32 Å². The fourth-order valence-electron chi connectivity index (χ4n) is 2.93. The maximum atomic E-state index is 12.7. The number of morpholine rings is 1. The largest absolute Gasteiger partial charge is 0.379 e. The van der Waals surface area contributed by atoms with E-state index in [-0.39, 0.29) is 10.8 Å². The van der Waals surface area contributed by atoms with Crippen LogP contribution in [0.5, 0.6) is 0 Å². The van der Waals surface area contributed by atoms with Crippen LogP contribution in [-0.4, -0.2) is 54.3 Å². The number of hydrogen-bond acceptors (Lipinski definition) is 8. The Bertz CT molecular complexity index is 1130. The lowest BCUT2D eigenvalue weighted by atomic mass is 10.2. The molecule has 2 aromatic carbocycles. The molecule has 0 spiro atoms. The van der Waals surface area contributed by atoms with Gasteiger partial charge in [-0.3, -0.25) is 10.1 Å². The van der Waals surface area contributed by atoms with Gasteiger partial charge in [-0.2, -0.15) is 13.7 Å². The first kappa shape index (κ1) is 21.9. The summed E-state index contributed by atoms with van der Waals surface area (Å²) in [5.74, 6) is 0.371. The molecule has 1 fully saturated rings. The highest BCUT2D eigenvalue weighted by Gasteiger charge is 2.26. The Morgan fingerprint density at radius 2 is 1.81 bits per heavy atom. The molecular formula is C20H20N4O4S3. The number of aromatic nitrogens is 2. The summed E-state index contributed by atoms with van der Waals surface area (Å²) in [4.78, 5) is 17.0. The zero-order chi connectivity index (χ0) is 21.7. The monoisotopic (exact) mass is 476 g/mol. The highest BCUT2D eigenvalue weighted by molar-refractivity contribution is 7.98. The van der Waals surface area contributed by atoms with Crippen LogP contribution in [0, 0.1) is 0 Å². The molecule has 3 aromatic rings. The molecule has 8 nitrogen and oxygen atoms in total. The van der Waals surface area contributed by atoms with Gasteiger partial charge in [0.1, 0.15) is 0 Å². The molecule has 1 aromatic heterocycles. The summed E-state index contributed by atoms with van der Waals surface area (Å²) in [5.41, 5.74) is 1.51. The van der Waals surface area contributed by atoms with Crippen molar-refractivity contribution >= 4 is 44.4 Å². The van der Waals surface area contributed by atoms with Gasteiger partial charge >= 0.3 is 0 Å². The molecular weight excluding hydrogens is 456 g/mol. The molecule has 0 unspecified atom stereocenters. The van der Waals surface area contributed by atoms with Gasteiger partial charge in [0.15, 0.2) is 0 Å². The normalized spacial score (nSPS) is 15.0. The van der Waals surface area contributed by atoms with Gasteiger partial charge in [-0.15, -0.1) is 0 Å². The van der Waals surface area contributed by atoms with Gasteiger partial charge in [-0.05, 0) is 29.8 Å². The van der Waals surface area contributed by atoms with Crippen LogP contribution in [-0.2, 0) is 20.5 Å². The van der Waals surface area contributed by atoms with Crippen LogP contribution in [0.4, 0.5) is 5.13 Å². The number of thioether (sulfide) groups is 1. The van der Waals surface area contributed by atoms with E-state index in [1.165, 1.54) is 45.9 Å².